The molecule has 0 heterocycles. The van der Waals surface area contributed by atoms with Gasteiger partial charge in [0, 0.05) is 25.7 Å². The zero-order chi connectivity index (χ0) is 82.2. The zero-order valence-electron chi connectivity index (χ0n) is 74.2. The molecule has 112 heavy (non-hydrogen) atoms. The maximum absolute atomic E-state index is 13.2. The third-order valence-electron chi connectivity index (χ3n) is 22.6. The lowest BCUT2D eigenvalue weighted by atomic mass is 9.99. The molecule has 0 aliphatic rings. The van der Waals surface area contributed by atoms with Crippen molar-refractivity contribution in [3.05, 3.63) is 0 Å². The molecule has 17 nitrogen and oxygen atoms in total. The molecule has 7 atom stereocenters. The van der Waals surface area contributed by atoms with Crippen LogP contribution in [-0.4, -0.2) is 96.7 Å². The Labute approximate surface area is 689 Å². The van der Waals surface area contributed by atoms with Crippen LogP contribution in [0.4, 0.5) is 0 Å². The molecule has 0 rings (SSSR count). The molecule has 0 aliphatic carbocycles. The van der Waals surface area contributed by atoms with Gasteiger partial charge in [-0.2, -0.15) is 0 Å². The summed E-state index contributed by atoms with van der Waals surface area (Å²) in [5.41, 5.74) is 0. The predicted molar refractivity (Wildman–Crippen MR) is 465 cm³/mol. The summed E-state index contributed by atoms with van der Waals surface area (Å²) in [6.07, 6.45) is 76.7. The van der Waals surface area contributed by atoms with Gasteiger partial charge in [-0.15, -0.1) is 0 Å². The van der Waals surface area contributed by atoms with Gasteiger partial charge < -0.3 is 33.8 Å². The Bertz CT molecular complexity index is 2150. The van der Waals surface area contributed by atoms with Crippen LogP contribution in [0.25, 0.3) is 0 Å². The number of aliphatic hydroxyl groups excluding tert-OH is 1. The third kappa shape index (κ3) is 83.1. The fraction of sp³-hybridized carbons (Fsp3) is 0.957. The minimum Gasteiger partial charge on any atom is -0.462 e. The van der Waals surface area contributed by atoms with E-state index >= 15 is 0 Å². The smallest absolute Gasteiger partial charge is 0.462 e. The van der Waals surface area contributed by atoms with E-state index in [1.54, 1.807) is 0 Å². The Hall–Kier alpha value is -1.94. The number of hydrogen-bond donors (Lipinski definition) is 3. The molecule has 0 aliphatic heterocycles. The number of hydrogen-bond acceptors (Lipinski definition) is 15. The van der Waals surface area contributed by atoms with Gasteiger partial charge in [-0.25, -0.2) is 9.13 Å². The maximum atomic E-state index is 13.2. The number of ether oxygens (including phenoxy) is 4. The molecule has 0 radical (unpaired) electrons. The first-order chi connectivity index (χ1) is 54.3. The summed E-state index contributed by atoms with van der Waals surface area (Å²) in [6, 6.07) is 0. The average Bonchev–Trinajstić information content (AvgIpc) is 0.897. The highest BCUT2D eigenvalue weighted by atomic mass is 31.2. The molecule has 0 saturated carbocycles. The van der Waals surface area contributed by atoms with Crippen molar-refractivity contribution < 1.29 is 80.2 Å². The van der Waals surface area contributed by atoms with Crippen LogP contribution in [0.3, 0.4) is 0 Å². The molecule has 0 aromatic carbocycles. The van der Waals surface area contributed by atoms with Gasteiger partial charge in [0.05, 0.1) is 26.4 Å². The number of carbonyl (C=O) groups excluding carboxylic acids is 4. The zero-order valence-corrected chi connectivity index (χ0v) is 75.9. The van der Waals surface area contributed by atoms with Crippen molar-refractivity contribution in [2.24, 2.45) is 17.8 Å². The van der Waals surface area contributed by atoms with E-state index in [9.17, 15) is 43.2 Å². The monoisotopic (exact) mass is 1630 g/mol. The van der Waals surface area contributed by atoms with Crippen LogP contribution in [0.5, 0.6) is 0 Å². The van der Waals surface area contributed by atoms with Crippen molar-refractivity contribution in [3.63, 3.8) is 0 Å². The molecular weight excluding hydrogens is 1450 g/mol. The van der Waals surface area contributed by atoms with Gasteiger partial charge in [0.2, 0.25) is 0 Å². The van der Waals surface area contributed by atoms with E-state index in [4.69, 9.17) is 37.0 Å². The quantitative estimate of drug-likeness (QED) is 0.0222. The Morgan fingerprint density at radius 1 is 0.259 bits per heavy atom. The van der Waals surface area contributed by atoms with E-state index in [0.29, 0.717) is 31.6 Å². The second-order valence-corrected chi connectivity index (χ2v) is 37.3. The minimum absolute atomic E-state index is 0.108. The van der Waals surface area contributed by atoms with Crippen molar-refractivity contribution >= 4 is 39.5 Å². The molecule has 666 valence electrons. The molecule has 0 aromatic rings. The Morgan fingerprint density at radius 3 is 0.679 bits per heavy atom. The topological polar surface area (TPSA) is 237 Å². The second kappa shape index (κ2) is 82.7. The van der Waals surface area contributed by atoms with Crippen LogP contribution >= 0.6 is 15.6 Å². The summed E-state index contributed by atoms with van der Waals surface area (Å²) in [5, 5.41) is 10.7. The van der Waals surface area contributed by atoms with E-state index in [-0.39, 0.29) is 25.7 Å². The van der Waals surface area contributed by atoms with E-state index in [1.807, 2.05) is 0 Å². The van der Waals surface area contributed by atoms with Gasteiger partial charge >= 0.3 is 39.5 Å². The first kappa shape index (κ1) is 110. The largest absolute Gasteiger partial charge is 0.472 e. The van der Waals surface area contributed by atoms with Gasteiger partial charge in [0.1, 0.15) is 19.3 Å². The number of unbranched alkanes of at least 4 members (excludes halogenated alkanes) is 57. The SMILES string of the molecule is CCCCCCCCCCCCCCCCCCCCCC(=O)O[C@H](COC(=O)CCCCCCCCC(C)C)COP(=O)(O)OC[C@H](O)COP(=O)(O)OC[C@@H](COC(=O)CCCCCCCCCCCCCCCCCCCCC(C)CC)OC(=O)CCCCCCCCCCCCCCCCCCCCC(C)CC. The number of esters is 4. The third-order valence-corrected chi connectivity index (χ3v) is 24.5. The number of phosphoric acid groups is 2. The Kier molecular flexibility index (Phi) is 81.3. The van der Waals surface area contributed by atoms with Crippen LogP contribution in [0.1, 0.15) is 498 Å². The van der Waals surface area contributed by atoms with Crippen LogP contribution < -0.4 is 0 Å². The van der Waals surface area contributed by atoms with E-state index in [1.165, 1.54) is 302 Å². The lowest BCUT2D eigenvalue weighted by Crippen LogP contribution is -2.30. The van der Waals surface area contributed by atoms with E-state index in [2.05, 4.69) is 48.5 Å². The number of aliphatic hydroxyl groups is 1. The molecular formula is C93H182O17P2. The molecule has 4 unspecified atom stereocenters. The maximum Gasteiger partial charge on any atom is 0.472 e. The normalized spacial score (nSPS) is 14.2. The lowest BCUT2D eigenvalue weighted by molar-refractivity contribution is -0.161. The highest BCUT2D eigenvalue weighted by molar-refractivity contribution is 7.47. The molecule has 0 aromatic heterocycles. The van der Waals surface area contributed by atoms with Crippen LogP contribution in [0.2, 0.25) is 0 Å². The van der Waals surface area contributed by atoms with Crippen LogP contribution in [-0.2, 0) is 65.4 Å². The minimum atomic E-state index is -4.97. The fourth-order valence-electron chi connectivity index (χ4n) is 14.5. The first-order valence-electron chi connectivity index (χ1n) is 47.9. The Morgan fingerprint density at radius 2 is 0.455 bits per heavy atom. The van der Waals surface area contributed by atoms with Gasteiger partial charge in [-0.1, -0.05) is 447 Å². The fourth-order valence-corrected chi connectivity index (χ4v) is 16.1. The molecule has 0 amide bonds. The summed E-state index contributed by atoms with van der Waals surface area (Å²) in [7, 11) is -9.94. The number of carbonyl (C=O) groups is 4. The summed E-state index contributed by atoms with van der Waals surface area (Å²) in [5.74, 6) is 0.325. The molecule has 0 bridgehead atoms. The van der Waals surface area contributed by atoms with Gasteiger partial charge in [0.15, 0.2) is 12.2 Å². The van der Waals surface area contributed by atoms with Gasteiger partial charge in [-0.3, -0.25) is 37.3 Å². The molecule has 0 saturated heterocycles. The van der Waals surface area contributed by atoms with Crippen molar-refractivity contribution in [1.82, 2.24) is 0 Å². The second-order valence-electron chi connectivity index (χ2n) is 34.4. The highest BCUT2D eigenvalue weighted by Gasteiger charge is 2.31. The summed E-state index contributed by atoms with van der Waals surface area (Å²) in [6.45, 7) is 12.1. The van der Waals surface area contributed by atoms with E-state index < -0.39 is 97.5 Å². The number of phosphoric ester groups is 2. The van der Waals surface area contributed by atoms with Crippen molar-refractivity contribution in [1.29, 1.82) is 0 Å². The standard InChI is InChI=1S/C93H182O17P2/c1-8-11-12-13-14-15-16-17-18-19-20-28-33-38-43-48-53-63-70-77-93(98)110-89(81-104-91(96)75-68-61-56-55-57-64-71-84(4)5)83-108-112(101,102)106-79-87(94)78-105-111(99,100)107-82-88(109-92(97)76-69-62-54-49-44-39-34-29-24-22-26-31-36-41-46-51-59-66-73-86(7)10-3)80-103-90(95)74-67-60-52-47-42-37-32-27-23-21-25-30-35-40-45-50-58-65-72-85(6)9-2/h84-89,94H,8-83H2,1-7H3,(H,99,100)(H,101,102)/t85?,86?,87-,88-,89-/m1/s1. The average molecular weight is 1630 g/mol. The molecule has 19 heteroatoms. The number of rotatable bonds is 91. The highest BCUT2D eigenvalue weighted by Crippen LogP contribution is 2.45. The summed E-state index contributed by atoms with van der Waals surface area (Å²) >= 11 is 0. The lowest BCUT2D eigenvalue weighted by Gasteiger charge is -2.21. The van der Waals surface area contributed by atoms with Crippen molar-refractivity contribution in [2.75, 3.05) is 39.6 Å². The molecule has 0 spiro atoms. The van der Waals surface area contributed by atoms with Crippen molar-refractivity contribution in [2.45, 2.75) is 516 Å². The van der Waals surface area contributed by atoms with E-state index in [0.717, 1.165) is 108 Å². The van der Waals surface area contributed by atoms with Crippen molar-refractivity contribution in [3.8, 4) is 0 Å². The first-order valence-corrected chi connectivity index (χ1v) is 50.9. The summed E-state index contributed by atoms with van der Waals surface area (Å²) in [4.78, 5) is 73.4. The van der Waals surface area contributed by atoms with Gasteiger partial charge in [-0.05, 0) is 43.4 Å². The Balaban J connectivity index is 5.19. The van der Waals surface area contributed by atoms with Gasteiger partial charge in [0.25, 0.3) is 0 Å². The van der Waals surface area contributed by atoms with Crippen LogP contribution in [0, 0.1) is 17.8 Å². The predicted octanol–water partition coefficient (Wildman–Crippen LogP) is 28.8. The molecule has 0 fully saturated rings. The summed E-state index contributed by atoms with van der Waals surface area (Å²) < 4.78 is 69.1. The molecule has 3 N–H and O–H groups in total. The van der Waals surface area contributed by atoms with Crippen LogP contribution in [0.15, 0.2) is 0 Å².